The van der Waals surface area contributed by atoms with Gasteiger partial charge in [-0.05, 0) is 36.4 Å². The molecule has 1 aliphatic rings. The summed E-state index contributed by atoms with van der Waals surface area (Å²) in [7, 11) is 0. The lowest BCUT2D eigenvalue weighted by atomic mass is 10.1. The van der Waals surface area contributed by atoms with Crippen molar-refractivity contribution in [1.29, 1.82) is 5.26 Å². The highest BCUT2D eigenvalue weighted by molar-refractivity contribution is 6.30. The average Bonchev–Trinajstić information content (AvgIpc) is 2.81. The fourth-order valence-corrected chi connectivity index (χ4v) is 3.50. The van der Waals surface area contributed by atoms with Gasteiger partial charge < -0.3 is 4.74 Å². The van der Waals surface area contributed by atoms with Crippen molar-refractivity contribution in [1.82, 2.24) is 25.0 Å². The molecule has 1 aliphatic heterocycles. The Bertz CT molecular complexity index is 1420. The Hall–Kier alpha value is -4.37. The summed E-state index contributed by atoms with van der Waals surface area (Å²) in [5, 5.41) is 10.4. The molecule has 0 radical (unpaired) electrons. The zero-order chi connectivity index (χ0) is 25.2. The number of hydrogen-bond acceptors (Lipinski definition) is 7. The van der Waals surface area contributed by atoms with Gasteiger partial charge in [-0.1, -0.05) is 11.6 Å². The number of rotatable bonds is 5. The molecule has 0 bridgehead atoms. The molecule has 3 aromatic rings. The molecule has 0 fully saturated rings. The summed E-state index contributed by atoms with van der Waals surface area (Å²) in [6.45, 7) is -0.383. The monoisotopic (exact) mass is 502 g/mol. The standard InChI is InChI=1S/C22H14ClF3N6O3/c23-15-6-13(9-27)7-16(8-15)35-19-20(22(24,25)26)29-11-31(21(19)34)12-32-17(3-4-18(33)30-32)14-2-1-5-28-10-14/h1-3,5-8,10-11H,4,12H2,(H,30,33). The van der Waals surface area contributed by atoms with Crippen LogP contribution in [0.2, 0.25) is 5.02 Å². The minimum Gasteiger partial charge on any atom is -0.449 e. The number of carbonyl (C=O) groups is 1. The molecule has 13 heteroatoms. The van der Waals surface area contributed by atoms with Crippen molar-refractivity contribution >= 4 is 23.2 Å². The zero-order valence-corrected chi connectivity index (χ0v) is 18.3. The maximum absolute atomic E-state index is 13.6. The third-order valence-corrected chi connectivity index (χ3v) is 4.99. The molecule has 1 N–H and O–H groups in total. The molecule has 2 aromatic heterocycles. The van der Waals surface area contributed by atoms with Gasteiger partial charge in [0.25, 0.3) is 5.56 Å². The summed E-state index contributed by atoms with van der Waals surface area (Å²) in [6.07, 6.45) is 0.445. The van der Waals surface area contributed by atoms with E-state index in [-0.39, 0.29) is 35.3 Å². The Balaban J connectivity index is 1.75. The Kier molecular flexibility index (Phi) is 6.44. The Morgan fingerprint density at radius 3 is 2.74 bits per heavy atom. The number of ether oxygens (including phenoxy) is 1. The minimum atomic E-state index is -5.01. The normalized spacial score (nSPS) is 13.6. The van der Waals surface area contributed by atoms with Crippen molar-refractivity contribution in [3.63, 3.8) is 0 Å². The first-order valence-electron chi connectivity index (χ1n) is 9.88. The molecule has 1 aromatic carbocycles. The Labute approximate surface area is 200 Å². The van der Waals surface area contributed by atoms with Crippen molar-refractivity contribution < 1.29 is 22.7 Å². The first-order valence-corrected chi connectivity index (χ1v) is 10.3. The number of hydrogen-bond donors (Lipinski definition) is 1. The van der Waals surface area contributed by atoms with E-state index in [1.807, 2.05) is 0 Å². The second-order valence-electron chi connectivity index (χ2n) is 7.22. The molecule has 178 valence electrons. The average molecular weight is 503 g/mol. The Morgan fingerprint density at radius 1 is 1.26 bits per heavy atom. The van der Waals surface area contributed by atoms with Gasteiger partial charge in [-0.3, -0.25) is 29.6 Å². The van der Waals surface area contributed by atoms with Gasteiger partial charge in [0.05, 0.1) is 23.7 Å². The number of alkyl halides is 3. The van der Waals surface area contributed by atoms with Crippen LogP contribution in [-0.4, -0.2) is 25.5 Å². The molecule has 0 saturated carbocycles. The number of amides is 1. The molecule has 9 nitrogen and oxygen atoms in total. The van der Waals surface area contributed by atoms with Crippen LogP contribution in [0.15, 0.2) is 59.9 Å². The van der Waals surface area contributed by atoms with Crippen molar-refractivity contribution in [3.8, 4) is 17.6 Å². The molecular formula is C22H14ClF3N6O3. The molecule has 0 saturated heterocycles. The number of benzene rings is 1. The lowest BCUT2D eigenvalue weighted by Crippen LogP contribution is -2.46. The van der Waals surface area contributed by atoms with Gasteiger partial charge in [0, 0.05) is 29.4 Å². The van der Waals surface area contributed by atoms with Crippen LogP contribution >= 0.6 is 11.6 Å². The summed E-state index contributed by atoms with van der Waals surface area (Å²) >= 11 is 5.90. The molecule has 4 rings (SSSR count). The maximum Gasteiger partial charge on any atom is 0.437 e. The van der Waals surface area contributed by atoms with Gasteiger partial charge in [-0.15, -0.1) is 0 Å². The quantitative estimate of drug-likeness (QED) is 0.566. The van der Waals surface area contributed by atoms with E-state index >= 15 is 0 Å². The predicted molar refractivity (Wildman–Crippen MR) is 117 cm³/mol. The highest BCUT2D eigenvalue weighted by Crippen LogP contribution is 2.35. The number of pyridine rings is 1. The summed E-state index contributed by atoms with van der Waals surface area (Å²) in [5.74, 6) is -1.75. The van der Waals surface area contributed by atoms with E-state index in [2.05, 4.69) is 15.4 Å². The number of hydrazine groups is 1. The van der Waals surface area contributed by atoms with Gasteiger partial charge in [0.15, 0.2) is 5.69 Å². The number of carbonyl (C=O) groups excluding carboxylic acids is 1. The SMILES string of the molecule is N#Cc1cc(Cl)cc(Oc2c(C(F)(F)F)ncn(CN3NC(=O)CC=C3c3cccnc3)c2=O)c1. The van der Waals surface area contributed by atoms with E-state index in [0.717, 1.165) is 16.7 Å². The maximum atomic E-state index is 13.6. The lowest BCUT2D eigenvalue weighted by molar-refractivity contribution is -0.142. The van der Waals surface area contributed by atoms with E-state index in [4.69, 9.17) is 21.6 Å². The van der Waals surface area contributed by atoms with Gasteiger partial charge in [0.2, 0.25) is 11.7 Å². The molecule has 1 amide bonds. The molecule has 0 spiro atoms. The van der Waals surface area contributed by atoms with E-state index in [9.17, 15) is 22.8 Å². The van der Waals surface area contributed by atoms with Gasteiger partial charge in [0.1, 0.15) is 12.4 Å². The minimum absolute atomic E-state index is 0.0209. The summed E-state index contributed by atoms with van der Waals surface area (Å²) in [6, 6.07) is 8.77. The van der Waals surface area contributed by atoms with Crippen LogP contribution in [-0.2, 0) is 17.6 Å². The van der Waals surface area contributed by atoms with Crippen LogP contribution in [0, 0.1) is 11.3 Å². The largest absolute Gasteiger partial charge is 0.449 e. The van der Waals surface area contributed by atoms with E-state index < -0.39 is 23.2 Å². The molecule has 0 aliphatic carbocycles. The van der Waals surface area contributed by atoms with E-state index in [1.165, 1.54) is 17.3 Å². The van der Waals surface area contributed by atoms with Crippen LogP contribution < -0.4 is 15.7 Å². The number of aromatic nitrogens is 3. The van der Waals surface area contributed by atoms with Crippen molar-refractivity contribution in [2.75, 3.05) is 0 Å². The van der Waals surface area contributed by atoms with Crippen LogP contribution in [0.25, 0.3) is 5.70 Å². The second-order valence-corrected chi connectivity index (χ2v) is 7.66. The summed E-state index contributed by atoms with van der Waals surface area (Å²) in [4.78, 5) is 32.5. The highest BCUT2D eigenvalue weighted by atomic mass is 35.5. The summed E-state index contributed by atoms with van der Waals surface area (Å²) < 4.78 is 47.0. The van der Waals surface area contributed by atoms with Crippen molar-refractivity contribution in [3.05, 3.63) is 87.3 Å². The molecule has 0 unspecified atom stereocenters. The van der Waals surface area contributed by atoms with Crippen LogP contribution in [0.4, 0.5) is 13.2 Å². The van der Waals surface area contributed by atoms with Crippen molar-refractivity contribution in [2.45, 2.75) is 19.3 Å². The molecule has 3 heterocycles. The topological polar surface area (TPSA) is 113 Å². The van der Waals surface area contributed by atoms with Gasteiger partial charge in [-0.25, -0.2) is 4.98 Å². The summed E-state index contributed by atoms with van der Waals surface area (Å²) in [5.41, 5.74) is 0.967. The highest BCUT2D eigenvalue weighted by Gasteiger charge is 2.39. The Morgan fingerprint density at radius 2 is 2.06 bits per heavy atom. The first kappa shape index (κ1) is 23.8. The lowest BCUT2D eigenvalue weighted by Gasteiger charge is -2.31. The van der Waals surface area contributed by atoms with Gasteiger partial charge in [-0.2, -0.15) is 18.4 Å². The predicted octanol–water partition coefficient (Wildman–Crippen LogP) is 3.71. The fraction of sp³-hybridized carbons (Fsp3) is 0.136. The van der Waals surface area contributed by atoms with Crippen LogP contribution in [0.5, 0.6) is 11.5 Å². The van der Waals surface area contributed by atoms with E-state index in [0.29, 0.717) is 17.6 Å². The number of nitriles is 1. The van der Waals surface area contributed by atoms with Crippen LogP contribution in [0.3, 0.4) is 0 Å². The van der Waals surface area contributed by atoms with Gasteiger partial charge >= 0.3 is 6.18 Å². The fourth-order valence-electron chi connectivity index (χ4n) is 3.28. The number of nitrogens with zero attached hydrogens (tertiary/aromatic N) is 5. The number of nitrogens with one attached hydrogen (secondary N) is 1. The first-order chi connectivity index (χ1) is 16.7. The second kappa shape index (κ2) is 9.47. The molecule has 0 atom stereocenters. The third kappa shape index (κ3) is 5.25. The van der Waals surface area contributed by atoms with Crippen molar-refractivity contribution in [2.24, 2.45) is 0 Å². The smallest absolute Gasteiger partial charge is 0.437 e. The molecular weight excluding hydrogens is 489 g/mol. The van der Waals surface area contributed by atoms with E-state index in [1.54, 1.807) is 30.5 Å². The van der Waals surface area contributed by atoms with Crippen LogP contribution in [0.1, 0.15) is 23.2 Å². The molecule has 35 heavy (non-hydrogen) atoms. The zero-order valence-electron chi connectivity index (χ0n) is 17.6. The third-order valence-electron chi connectivity index (χ3n) is 4.77. The number of halogens is 4.